The maximum atomic E-state index is 12.4. The Morgan fingerprint density at radius 2 is 1.83 bits per heavy atom. The number of aryl methyl sites for hydroxylation is 1. The topological polar surface area (TPSA) is 50.4 Å². The fourth-order valence-corrected chi connectivity index (χ4v) is 1.96. The maximum absolute atomic E-state index is 12.4. The van der Waals surface area contributed by atoms with Crippen molar-refractivity contribution in [1.29, 1.82) is 0 Å². The smallest absolute Gasteiger partial charge is 0.416 e. The van der Waals surface area contributed by atoms with Crippen LogP contribution < -0.4 is 15.4 Å². The molecular weight excluding hydrogens is 321 g/mol. The van der Waals surface area contributed by atoms with Crippen LogP contribution in [0.25, 0.3) is 0 Å². The van der Waals surface area contributed by atoms with Crippen LogP contribution in [0.15, 0.2) is 48.5 Å². The van der Waals surface area contributed by atoms with Crippen molar-refractivity contribution >= 4 is 11.7 Å². The molecule has 24 heavy (non-hydrogen) atoms. The Kier molecular flexibility index (Phi) is 5.68. The van der Waals surface area contributed by atoms with Gasteiger partial charge in [-0.15, -0.1) is 0 Å². The number of benzene rings is 2. The van der Waals surface area contributed by atoms with Crippen molar-refractivity contribution in [1.82, 2.24) is 5.32 Å². The van der Waals surface area contributed by atoms with Crippen molar-refractivity contribution in [2.45, 2.75) is 13.1 Å². The Labute approximate surface area is 137 Å². The highest BCUT2D eigenvalue weighted by molar-refractivity contribution is 5.89. The van der Waals surface area contributed by atoms with E-state index in [0.29, 0.717) is 5.75 Å². The number of halogens is 3. The zero-order valence-corrected chi connectivity index (χ0v) is 13.0. The molecule has 4 nitrogen and oxygen atoms in total. The molecule has 128 valence electrons. The van der Waals surface area contributed by atoms with Crippen molar-refractivity contribution in [3.05, 3.63) is 59.7 Å². The molecular formula is C17H17F3N2O2. The summed E-state index contributed by atoms with van der Waals surface area (Å²) in [7, 11) is 0. The van der Waals surface area contributed by atoms with Gasteiger partial charge in [0.05, 0.1) is 12.1 Å². The molecule has 0 aromatic heterocycles. The fraction of sp³-hybridized carbons (Fsp3) is 0.235. The zero-order chi connectivity index (χ0) is 17.6. The minimum absolute atomic E-state index is 0.264. The third-order valence-corrected chi connectivity index (χ3v) is 3.12. The van der Waals surface area contributed by atoms with Gasteiger partial charge >= 0.3 is 12.2 Å². The molecule has 0 spiro atoms. The zero-order valence-electron chi connectivity index (χ0n) is 13.0. The summed E-state index contributed by atoms with van der Waals surface area (Å²) < 4.78 is 42.8. The lowest BCUT2D eigenvalue weighted by molar-refractivity contribution is -0.137. The Morgan fingerprint density at radius 1 is 1.12 bits per heavy atom. The van der Waals surface area contributed by atoms with Gasteiger partial charge in [-0.25, -0.2) is 4.79 Å². The summed E-state index contributed by atoms with van der Waals surface area (Å²) in [6.07, 6.45) is -4.39. The second kappa shape index (κ2) is 7.72. The van der Waals surface area contributed by atoms with Crippen LogP contribution in [0.3, 0.4) is 0 Å². The van der Waals surface area contributed by atoms with Crippen molar-refractivity contribution in [3.63, 3.8) is 0 Å². The maximum Gasteiger partial charge on any atom is 0.416 e. The number of hydrogen-bond donors (Lipinski definition) is 2. The van der Waals surface area contributed by atoms with E-state index in [9.17, 15) is 18.0 Å². The predicted molar refractivity (Wildman–Crippen MR) is 85.1 cm³/mol. The van der Waals surface area contributed by atoms with Gasteiger partial charge in [0.2, 0.25) is 0 Å². The average molecular weight is 338 g/mol. The molecule has 0 atom stereocenters. The number of alkyl halides is 3. The molecule has 2 aromatic carbocycles. The number of amides is 2. The highest BCUT2D eigenvalue weighted by atomic mass is 19.4. The Bertz CT molecular complexity index is 685. The summed E-state index contributed by atoms with van der Waals surface area (Å²) in [4.78, 5) is 11.7. The van der Waals surface area contributed by atoms with E-state index in [4.69, 9.17) is 4.74 Å². The summed E-state index contributed by atoms with van der Waals surface area (Å²) >= 11 is 0. The van der Waals surface area contributed by atoms with Gasteiger partial charge in [-0.3, -0.25) is 0 Å². The largest absolute Gasteiger partial charge is 0.492 e. The summed E-state index contributed by atoms with van der Waals surface area (Å²) in [6.45, 7) is 2.49. The molecule has 2 N–H and O–H groups in total. The van der Waals surface area contributed by atoms with E-state index < -0.39 is 17.8 Å². The molecule has 0 aliphatic rings. The molecule has 0 saturated heterocycles. The van der Waals surface area contributed by atoms with Crippen LogP contribution in [0.4, 0.5) is 23.7 Å². The molecule has 2 amide bonds. The molecule has 2 aromatic rings. The Hall–Kier alpha value is -2.70. The number of nitrogens with one attached hydrogen (secondary N) is 2. The summed E-state index contributed by atoms with van der Waals surface area (Å²) in [6, 6.07) is 11.2. The van der Waals surface area contributed by atoms with Crippen LogP contribution in [0.1, 0.15) is 11.1 Å². The Balaban J connectivity index is 1.73. The van der Waals surface area contributed by atoms with Gasteiger partial charge in [0.25, 0.3) is 0 Å². The van der Waals surface area contributed by atoms with E-state index in [1.54, 1.807) is 0 Å². The lowest BCUT2D eigenvalue weighted by Crippen LogP contribution is -2.32. The van der Waals surface area contributed by atoms with E-state index in [2.05, 4.69) is 10.6 Å². The van der Waals surface area contributed by atoms with Crippen molar-refractivity contribution in [2.24, 2.45) is 0 Å². The van der Waals surface area contributed by atoms with Crippen molar-refractivity contribution < 1.29 is 22.7 Å². The normalized spacial score (nSPS) is 11.0. The summed E-state index contributed by atoms with van der Waals surface area (Å²) in [5.41, 5.74) is 0.584. The quantitative estimate of drug-likeness (QED) is 0.802. The second-order valence-electron chi connectivity index (χ2n) is 5.12. The van der Waals surface area contributed by atoms with Crippen molar-refractivity contribution in [3.8, 4) is 5.75 Å². The highest BCUT2D eigenvalue weighted by Crippen LogP contribution is 2.29. The van der Waals surface area contributed by atoms with Gasteiger partial charge in [0, 0.05) is 5.69 Å². The lowest BCUT2D eigenvalue weighted by Gasteiger charge is -2.10. The van der Waals surface area contributed by atoms with Crippen molar-refractivity contribution in [2.75, 3.05) is 18.5 Å². The van der Waals surface area contributed by atoms with Gasteiger partial charge in [-0.05, 0) is 48.9 Å². The lowest BCUT2D eigenvalue weighted by atomic mass is 10.2. The first-order valence-corrected chi connectivity index (χ1v) is 7.26. The number of rotatable bonds is 5. The number of anilines is 1. The molecule has 2 rings (SSSR count). The SMILES string of the molecule is Cc1cccc(OCCNC(=O)Nc2ccc(C(F)(F)F)cc2)c1. The third kappa shape index (κ3) is 5.49. The fourth-order valence-electron chi connectivity index (χ4n) is 1.96. The molecule has 0 aliphatic carbocycles. The minimum Gasteiger partial charge on any atom is -0.492 e. The van der Waals surface area contributed by atoms with E-state index in [-0.39, 0.29) is 18.8 Å². The average Bonchev–Trinajstić information content (AvgIpc) is 2.51. The van der Waals surface area contributed by atoms with Gasteiger partial charge in [0.1, 0.15) is 12.4 Å². The van der Waals surface area contributed by atoms with E-state index in [0.717, 1.165) is 17.7 Å². The predicted octanol–water partition coefficient (Wildman–Crippen LogP) is 4.21. The molecule has 0 heterocycles. The number of urea groups is 1. The monoisotopic (exact) mass is 338 g/mol. The van der Waals surface area contributed by atoms with Crippen LogP contribution in [0.2, 0.25) is 0 Å². The molecule has 0 fully saturated rings. The first kappa shape index (κ1) is 17.7. The number of ether oxygens (including phenoxy) is 1. The molecule has 7 heteroatoms. The van der Waals surface area contributed by atoms with Crippen LogP contribution in [-0.4, -0.2) is 19.2 Å². The standard InChI is InChI=1S/C17H17F3N2O2/c1-12-3-2-4-15(11-12)24-10-9-21-16(23)22-14-7-5-13(6-8-14)17(18,19)20/h2-8,11H,9-10H2,1H3,(H2,21,22,23). The molecule has 0 saturated carbocycles. The van der Waals surface area contributed by atoms with E-state index in [1.165, 1.54) is 12.1 Å². The first-order valence-electron chi connectivity index (χ1n) is 7.26. The molecule has 0 bridgehead atoms. The summed E-state index contributed by atoms with van der Waals surface area (Å²) in [5, 5.41) is 5.02. The van der Waals surface area contributed by atoms with Gasteiger partial charge in [0.15, 0.2) is 0 Å². The van der Waals surface area contributed by atoms with Crippen LogP contribution in [0.5, 0.6) is 5.75 Å². The second-order valence-corrected chi connectivity index (χ2v) is 5.12. The van der Waals surface area contributed by atoms with Gasteiger partial charge in [-0.2, -0.15) is 13.2 Å². The third-order valence-electron chi connectivity index (χ3n) is 3.12. The molecule has 0 unspecified atom stereocenters. The van der Waals surface area contributed by atoms with Crippen LogP contribution >= 0.6 is 0 Å². The minimum atomic E-state index is -4.39. The van der Waals surface area contributed by atoms with E-state index >= 15 is 0 Å². The van der Waals surface area contributed by atoms with Crippen LogP contribution in [0, 0.1) is 6.92 Å². The number of carbonyl (C=O) groups is 1. The molecule has 0 radical (unpaired) electrons. The number of carbonyl (C=O) groups excluding carboxylic acids is 1. The van der Waals surface area contributed by atoms with Gasteiger partial charge < -0.3 is 15.4 Å². The first-order chi connectivity index (χ1) is 11.3. The van der Waals surface area contributed by atoms with E-state index in [1.807, 2.05) is 31.2 Å². The van der Waals surface area contributed by atoms with Gasteiger partial charge in [-0.1, -0.05) is 12.1 Å². The highest BCUT2D eigenvalue weighted by Gasteiger charge is 2.29. The van der Waals surface area contributed by atoms with Crippen LogP contribution in [-0.2, 0) is 6.18 Å². The molecule has 0 aliphatic heterocycles. The number of hydrogen-bond acceptors (Lipinski definition) is 2. The summed E-state index contributed by atoms with van der Waals surface area (Å²) in [5.74, 6) is 0.708. The Morgan fingerprint density at radius 3 is 2.46 bits per heavy atom.